The van der Waals surface area contributed by atoms with Gasteiger partial charge < -0.3 is 4.57 Å². The molecule has 6 heteroatoms. The topological polar surface area (TPSA) is 60.9 Å². The van der Waals surface area contributed by atoms with Gasteiger partial charge in [0.15, 0.2) is 0 Å². The van der Waals surface area contributed by atoms with E-state index in [0.717, 1.165) is 94.5 Å². The van der Waals surface area contributed by atoms with Crippen LogP contribution in [0.2, 0.25) is 0 Å². The highest BCUT2D eigenvalue weighted by atomic mass is 15.1. The highest BCUT2D eigenvalue weighted by molar-refractivity contribution is 6.20. The molecule has 0 saturated carbocycles. The average Bonchev–Trinajstić information content (AvgIpc) is 3.87. The summed E-state index contributed by atoms with van der Waals surface area (Å²) in [5, 5.41) is 5.86. The largest absolute Gasteiger partial charge is 0.307 e. The highest BCUT2D eigenvalue weighted by Crippen LogP contribution is 2.40. The Hall–Kier alpha value is -7.96. The first-order valence-electron chi connectivity index (χ1n) is 19.4. The van der Waals surface area contributed by atoms with Crippen LogP contribution in [0.25, 0.3) is 111 Å². The summed E-state index contributed by atoms with van der Waals surface area (Å²) in [6.07, 6.45) is 7.40. The Morgan fingerprint density at radius 3 is 1.50 bits per heavy atom. The molecule has 6 aromatic heterocycles. The molecule has 0 bridgehead atoms. The molecule has 0 atom stereocenters. The van der Waals surface area contributed by atoms with Gasteiger partial charge in [-0.3, -0.25) is 14.4 Å². The van der Waals surface area contributed by atoms with Gasteiger partial charge in [-0.05, 0) is 76.2 Å². The fourth-order valence-corrected chi connectivity index (χ4v) is 8.77. The normalized spacial score (nSPS) is 11.8. The molecule has 0 aliphatic rings. The minimum absolute atomic E-state index is 0.881. The van der Waals surface area contributed by atoms with E-state index in [9.17, 15) is 0 Å². The average molecular weight is 741 g/mol. The summed E-state index contributed by atoms with van der Waals surface area (Å²) in [6.45, 7) is 0. The summed E-state index contributed by atoms with van der Waals surface area (Å²) in [4.78, 5) is 19.6. The Morgan fingerprint density at radius 1 is 0.362 bits per heavy atom. The van der Waals surface area contributed by atoms with Crippen molar-refractivity contribution >= 4 is 60.2 Å². The Morgan fingerprint density at radius 2 is 0.897 bits per heavy atom. The van der Waals surface area contributed by atoms with Crippen LogP contribution < -0.4 is 0 Å². The summed E-state index contributed by atoms with van der Waals surface area (Å²) in [5.74, 6) is 0. The maximum absolute atomic E-state index is 5.56. The van der Waals surface area contributed by atoms with Gasteiger partial charge >= 0.3 is 0 Å². The van der Waals surface area contributed by atoms with E-state index in [1.807, 2.05) is 24.5 Å². The number of para-hydroxylation sites is 2. The number of pyridine rings is 4. The molecule has 0 amide bonds. The molecule has 270 valence electrons. The van der Waals surface area contributed by atoms with E-state index in [1.54, 1.807) is 12.4 Å². The molecule has 0 aliphatic carbocycles. The minimum atomic E-state index is 0.881. The second kappa shape index (κ2) is 12.8. The zero-order valence-electron chi connectivity index (χ0n) is 31.2. The van der Waals surface area contributed by atoms with Crippen LogP contribution in [-0.4, -0.2) is 28.9 Å². The van der Waals surface area contributed by atoms with Gasteiger partial charge in [0.2, 0.25) is 0 Å². The van der Waals surface area contributed by atoms with E-state index in [2.05, 4.69) is 177 Å². The number of hydrogen-bond acceptors (Lipinski definition) is 4. The SMILES string of the molecule is c1cncc(-c2ccc(-c3cc(-n4c5ccccc5c5ccc6c(nc7c8ccccc8c8ccccc8n67)c54)cc(-c4ccc(-c5cccnc5)cc4)n3)cc2)c1. The number of imidazole rings is 1. The molecule has 6 aromatic carbocycles. The van der Waals surface area contributed by atoms with Gasteiger partial charge in [-0.15, -0.1) is 0 Å². The first-order valence-corrected chi connectivity index (χ1v) is 19.4. The summed E-state index contributed by atoms with van der Waals surface area (Å²) in [7, 11) is 0. The van der Waals surface area contributed by atoms with E-state index >= 15 is 0 Å². The van der Waals surface area contributed by atoms with Crippen molar-refractivity contribution in [3.8, 4) is 50.5 Å². The molecule has 12 rings (SSSR count). The standard InChI is InChI=1S/C52H32N6/c1-2-14-44-40(11-1)41-12-3-6-16-48(41)58-49-26-25-43-42-13-4-5-15-47(42)57(51(43)50(49)56-52(44)58)39-29-45(35-21-17-33(18-22-35)37-9-7-27-53-31-37)55-46(30-39)36-23-19-34(20-24-36)38-10-8-28-54-32-38/h1-32H. The molecule has 6 nitrogen and oxygen atoms in total. The van der Waals surface area contributed by atoms with Crippen molar-refractivity contribution in [3.05, 3.63) is 195 Å². The smallest absolute Gasteiger partial charge is 0.146 e. The summed E-state index contributed by atoms with van der Waals surface area (Å²) in [6, 6.07) is 60.2. The molecule has 0 N–H and O–H groups in total. The molecular weight excluding hydrogens is 709 g/mol. The van der Waals surface area contributed by atoms with Crippen LogP contribution in [0.4, 0.5) is 0 Å². The van der Waals surface area contributed by atoms with Crippen LogP contribution in [0, 0.1) is 0 Å². The number of nitrogens with zero attached hydrogens (tertiary/aromatic N) is 6. The van der Waals surface area contributed by atoms with Gasteiger partial charge in [-0.2, -0.15) is 0 Å². The van der Waals surface area contributed by atoms with E-state index < -0.39 is 0 Å². The zero-order chi connectivity index (χ0) is 38.2. The van der Waals surface area contributed by atoms with Crippen LogP contribution in [0.1, 0.15) is 0 Å². The van der Waals surface area contributed by atoms with Crippen LogP contribution in [-0.2, 0) is 0 Å². The lowest BCUT2D eigenvalue weighted by Crippen LogP contribution is -1.99. The number of benzene rings is 6. The molecule has 12 aromatic rings. The molecule has 0 unspecified atom stereocenters. The fourth-order valence-electron chi connectivity index (χ4n) is 8.77. The second-order valence-electron chi connectivity index (χ2n) is 14.7. The Bertz CT molecular complexity index is 3430. The van der Waals surface area contributed by atoms with Crippen LogP contribution in [0.5, 0.6) is 0 Å². The molecule has 0 spiro atoms. The second-order valence-corrected chi connectivity index (χ2v) is 14.7. The third-order valence-electron chi connectivity index (χ3n) is 11.5. The van der Waals surface area contributed by atoms with Crippen molar-refractivity contribution in [2.45, 2.75) is 0 Å². The lowest BCUT2D eigenvalue weighted by molar-refractivity contribution is 1.16. The lowest BCUT2D eigenvalue weighted by Gasteiger charge is -2.14. The summed E-state index contributed by atoms with van der Waals surface area (Å²) in [5.41, 5.74) is 15.5. The van der Waals surface area contributed by atoms with E-state index in [-0.39, 0.29) is 0 Å². The van der Waals surface area contributed by atoms with Crippen LogP contribution in [0.15, 0.2) is 195 Å². The molecule has 6 heterocycles. The Kier molecular flexibility index (Phi) is 7.13. The van der Waals surface area contributed by atoms with Crippen molar-refractivity contribution in [1.82, 2.24) is 28.9 Å². The summed E-state index contributed by atoms with van der Waals surface area (Å²) < 4.78 is 4.73. The van der Waals surface area contributed by atoms with Crippen molar-refractivity contribution in [3.63, 3.8) is 0 Å². The monoisotopic (exact) mass is 740 g/mol. The number of hydrogen-bond donors (Lipinski definition) is 0. The van der Waals surface area contributed by atoms with Gasteiger partial charge in [0.1, 0.15) is 11.2 Å². The molecule has 58 heavy (non-hydrogen) atoms. The summed E-state index contributed by atoms with van der Waals surface area (Å²) >= 11 is 0. The highest BCUT2D eigenvalue weighted by Gasteiger charge is 2.21. The fraction of sp³-hybridized carbons (Fsp3) is 0. The van der Waals surface area contributed by atoms with E-state index in [1.165, 1.54) is 16.2 Å². The maximum atomic E-state index is 5.56. The molecule has 0 saturated heterocycles. The first kappa shape index (κ1) is 32.3. The van der Waals surface area contributed by atoms with Crippen LogP contribution >= 0.6 is 0 Å². The van der Waals surface area contributed by atoms with E-state index in [0.29, 0.717) is 0 Å². The number of fused-ring (bicyclic) bond motifs is 12. The maximum Gasteiger partial charge on any atom is 0.146 e. The van der Waals surface area contributed by atoms with Gasteiger partial charge in [0.05, 0.1) is 39.1 Å². The molecule has 0 aliphatic heterocycles. The number of rotatable bonds is 5. The predicted octanol–water partition coefficient (Wildman–Crippen LogP) is 12.7. The van der Waals surface area contributed by atoms with Crippen LogP contribution in [0.3, 0.4) is 0 Å². The van der Waals surface area contributed by atoms with Gasteiger partial charge in [0, 0.05) is 57.5 Å². The Balaban J connectivity index is 1.14. The van der Waals surface area contributed by atoms with Crippen molar-refractivity contribution in [1.29, 1.82) is 0 Å². The Labute approximate surface area is 333 Å². The van der Waals surface area contributed by atoms with Gasteiger partial charge in [-0.1, -0.05) is 121 Å². The molecular formula is C52H32N6. The quantitative estimate of drug-likeness (QED) is 0.165. The molecule has 0 fully saturated rings. The first-order chi connectivity index (χ1) is 28.8. The van der Waals surface area contributed by atoms with Crippen molar-refractivity contribution < 1.29 is 0 Å². The number of aromatic nitrogens is 6. The third-order valence-corrected chi connectivity index (χ3v) is 11.5. The third kappa shape index (κ3) is 4.98. The van der Waals surface area contributed by atoms with Crippen molar-refractivity contribution in [2.24, 2.45) is 0 Å². The predicted molar refractivity (Wildman–Crippen MR) is 237 cm³/mol. The van der Waals surface area contributed by atoms with Gasteiger partial charge in [-0.25, -0.2) is 9.97 Å². The molecule has 0 radical (unpaired) electrons. The van der Waals surface area contributed by atoms with Gasteiger partial charge in [0.25, 0.3) is 0 Å². The zero-order valence-corrected chi connectivity index (χ0v) is 31.2. The van der Waals surface area contributed by atoms with E-state index in [4.69, 9.17) is 9.97 Å². The van der Waals surface area contributed by atoms with Crippen molar-refractivity contribution in [2.75, 3.05) is 0 Å². The lowest BCUT2D eigenvalue weighted by atomic mass is 10.0. The minimum Gasteiger partial charge on any atom is -0.307 e.